The normalized spacial score (nSPS) is 11.9. The van der Waals surface area contributed by atoms with E-state index in [0.717, 1.165) is 4.90 Å². The molecule has 0 aliphatic heterocycles. The Hall–Kier alpha value is -1.59. The van der Waals surface area contributed by atoms with Crippen molar-refractivity contribution in [2.45, 2.75) is 20.3 Å². The summed E-state index contributed by atoms with van der Waals surface area (Å²) in [4.78, 5) is 33.7. The van der Waals surface area contributed by atoms with Crippen LogP contribution in [0.4, 0.5) is 0 Å². The van der Waals surface area contributed by atoms with Gasteiger partial charge in [-0.25, -0.2) is 0 Å². The lowest BCUT2D eigenvalue weighted by Crippen LogP contribution is -2.43. The minimum absolute atomic E-state index is 0.302. The maximum absolute atomic E-state index is 11.6. The Bertz CT molecular complexity index is 249. The van der Waals surface area contributed by atoms with Crippen LogP contribution in [0.2, 0.25) is 0 Å². The van der Waals surface area contributed by atoms with Gasteiger partial charge in [-0.2, -0.15) is 0 Å². The van der Waals surface area contributed by atoms with E-state index in [1.807, 2.05) is 6.92 Å². The molecular weight excluding hydrogens is 200 g/mol. The number of hydrogen-bond acceptors (Lipinski definition) is 3. The largest absolute Gasteiger partial charge is 0.480 e. The van der Waals surface area contributed by atoms with Gasteiger partial charge in [0.15, 0.2) is 0 Å². The average molecular weight is 216 g/mol. The third-order valence-electron chi connectivity index (χ3n) is 2.02. The van der Waals surface area contributed by atoms with E-state index in [2.05, 4.69) is 0 Å². The molecule has 0 bridgehead atoms. The lowest BCUT2D eigenvalue weighted by molar-refractivity contribution is -0.147. The first-order chi connectivity index (χ1) is 6.88. The van der Waals surface area contributed by atoms with Crippen LogP contribution >= 0.6 is 0 Å². The summed E-state index contributed by atoms with van der Waals surface area (Å²) in [5, 5.41) is 8.55. The summed E-state index contributed by atoms with van der Waals surface area (Å²) in [7, 11) is 0. The SMILES string of the molecule is CCC(C)C(=O)N(CC(N)=O)CC(=O)O. The molecule has 0 aliphatic carbocycles. The van der Waals surface area contributed by atoms with Crippen molar-refractivity contribution >= 4 is 17.8 Å². The van der Waals surface area contributed by atoms with Crippen LogP contribution in [-0.4, -0.2) is 40.9 Å². The molecular formula is C9H16N2O4. The van der Waals surface area contributed by atoms with Gasteiger partial charge in [-0.1, -0.05) is 13.8 Å². The van der Waals surface area contributed by atoms with Crippen molar-refractivity contribution in [3.63, 3.8) is 0 Å². The van der Waals surface area contributed by atoms with Gasteiger partial charge in [-0.3, -0.25) is 14.4 Å². The number of primary amides is 1. The Balaban J connectivity index is 4.53. The molecule has 6 nitrogen and oxygen atoms in total. The highest BCUT2D eigenvalue weighted by molar-refractivity contribution is 5.87. The van der Waals surface area contributed by atoms with Gasteiger partial charge in [0.25, 0.3) is 0 Å². The van der Waals surface area contributed by atoms with Gasteiger partial charge in [0.1, 0.15) is 6.54 Å². The molecule has 0 fully saturated rings. The summed E-state index contributed by atoms with van der Waals surface area (Å²) in [5.74, 6) is -2.54. The van der Waals surface area contributed by atoms with Crippen molar-refractivity contribution in [2.75, 3.05) is 13.1 Å². The first-order valence-electron chi connectivity index (χ1n) is 4.67. The molecule has 0 saturated carbocycles. The number of carbonyl (C=O) groups excluding carboxylic acids is 2. The van der Waals surface area contributed by atoms with Crippen molar-refractivity contribution in [3.05, 3.63) is 0 Å². The minimum Gasteiger partial charge on any atom is -0.480 e. The van der Waals surface area contributed by atoms with E-state index < -0.39 is 18.4 Å². The van der Waals surface area contributed by atoms with Crippen LogP contribution < -0.4 is 5.73 Å². The van der Waals surface area contributed by atoms with Crippen molar-refractivity contribution in [3.8, 4) is 0 Å². The maximum atomic E-state index is 11.6. The number of nitrogens with two attached hydrogens (primary N) is 1. The summed E-state index contributed by atoms with van der Waals surface area (Å²) in [5.41, 5.74) is 4.92. The van der Waals surface area contributed by atoms with Gasteiger partial charge in [0.2, 0.25) is 11.8 Å². The number of hydrogen-bond donors (Lipinski definition) is 2. The monoisotopic (exact) mass is 216 g/mol. The van der Waals surface area contributed by atoms with Gasteiger partial charge in [0, 0.05) is 5.92 Å². The highest BCUT2D eigenvalue weighted by atomic mass is 16.4. The molecule has 1 unspecified atom stereocenters. The summed E-state index contributed by atoms with van der Waals surface area (Å²) in [6, 6.07) is 0. The van der Waals surface area contributed by atoms with Crippen LogP contribution in [0.1, 0.15) is 20.3 Å². The molecule has 0 aromatic rings. The van der Waals surface area contributed by atoms with Gasteiger partial charge in [-0.05, 0) is 6.42 Å². The van der Waals surface area contributed by atoms with E-state index >= 15 is 0 Å². The van der Waals surface area contributed by atoms with Crippen LogP contribution in [0.5, 0.6) is 0 Å². The quantitative estimate of drug-likeness (QED) is 0.620. The number of nitrogens with zero attached hydrogens (tertiary/aromatic N) is 1. The third-order valence-corrected chi connectivity index (χ3v) is 2.02. The van der Waals surface area contributed by atoms with Crippen LogP contribution in [0, 0.1) is 5.92 Å². The number of amides is 2. The molecule has 0 saturated heterocycles. The van der Waals surface area contributed by atoms with E-state index in [0.29, 0.717) is 6.42 Å². The Morgan fingerprint density at radius 1 is 1.33 bits per heavy atom. The van der Waals surface area contributed by atoms with E-state index in [9.17, 15) is 14.4 Å². The molecule has 0 aromatic heterocycles. The maximum Gasteiger partial charge on any atom is 0.323 e. The standard InChI is InChI=1S/C9H16N2O4/c1-3-6(2)9(15)11(4-7(10)12)5-8(13)14/h6H,3-5H2,1-2H3,(H2,10,12)(H,13,14). The van der Waals surface area contributed by atoms with E-state index in [4.69, 9.17) is 10.8 Å². The van der Waals surface area contributed by atoms with Crippen LogP contribution in [0.3, 0.4) is 0 Å². The number of rotatable bonds is 6. The molecule has 6 heteroatoms. The number of carbonyl (C=O) groups is 3. The van der Waals surface area contributed by atoms with Crippen LogP contribution in [0.15, 0.2) is 0 Å². The summed E-state index contributed by atoms with van der Waals surface area (Å²) in [6.45, 7) is 2.64. The fraction of sp³-hybridized carbons (Fsp3) is 0.667. The first kappa shape index (κ1) is 13.4. The zero-order chi connectivity index (χ0) is 12.0. The van der Waals surface area contributed by atoms with E-state index in [-0.39, 0.29) is 18.4 Å². The second kappa shape index (κ2) is 6.00. The van der Waals surface area contributed by atoms with Crippen molar-refractivity contribution in [1.29, 1.82) is 0 Å². The first-order valence-corrected chi connectivity index (χ1v) is 4.67. The predicted molar refractivity (Wildman–Crippen MR) is 52.9 cm³/mol. The van der Waals surface area contributed by atoms with Crippen molar-refractivity contribution in [1.82, 2.24) is 4.90 Å². The van der Waals surface area contributed by atoms with E-state index in [1.165, 1.54) is 0 Å². The van der Waals surface area contributed by atoms with Gasteiger partial charge in [-0.15, -0.1) is 0 Å². The van der Waals surface area contributed by atoms with Crippen molar-refractivity contribution in [2.24, 2.45) is 11.7 Å². The average Bonchev–Trinajstić information content (AvgIpc) is 2.13. The molecule has 0 heterocycles. The summed E-state index contributed by atoms with van der Waals surface area (Å²) < 4.78 is 0. The Kier molecular flexibility index (Phi) is 5.36. The molecule has 0 aliphatic rings. The lowest BCUT2D eigenvalue weighted by Gasteiger charge is -2.22. The van der Waals surface area contributed by atoms with E-state index in [1.54, 1.807) is 6.92 Å². The lowest BCUT2D eigenvalue weighted by atomic mass is 10.1. The molecule has 86 valence electrons. The highest BCUT2D eigenvalue weighted by Crippen LogP contribution is 2.06. The van der Waals surface area contributed by atoms with Crippen LogP contribution in [-0.2, 0) is 14.4 Å². The molecule has 15 heavy (non-hydrogen) atoms. The third kappa shape index (κ3) is 4.99. The zero-order valence-corrected chi connectivity index (χ0v) is 8.90. The Labute approximate surface area is 88.0 Å². The molecule has 0 radical (unpaired) electrons. The van der Waals surface area contributed by atoms with Gasteiger partial charge >= 0.3 is 5.97 Å². The van der Waals surface area contributed by atoms with Gasteiger partial charge in [0.05, 0.1) is 6.54 Å². The number of carboxylic acids is 1. The minimum atomic E-state index is -1.16. The second-order valence-corrected chi connectivity index (χ2v) is 3.36. The van der Waals surface area contributed by atoms with Gasteiger partial charge < -0.3 is 15.7 Å². The molecule has 0 rings (SSSR count). The van der Waals surface area contributed by atoms with Crippen molar-refractivity contribution < 1.29 is 19.5 Å². The fourth-order valence-corrected chi connectivity index (χ4v) is 1.05. The molecule has 3 N–H and O–H groups in total. The predicted octanol–water partition coefficient (Wildman–Crippen LogP) is -0.569. The molecule has 0 aromatic carbocycles. The smallest absolute Gasteiger partial charge is 0.323 e. The highest BCUT2D eigenvalue weighted by Gasteiger charge is 2.22. The summed E-state index contributed by atoms with van der Waals surface area (Å²) in [6.07, 6.45) is 0.591. The summed E-state index contributed by atoms with van der Waals surface area (Å²) >= 11 is 0. The van der Waals surface area contributed by atoms with Crippen LogP contribution in [0.25, 0.3) is 0 Å². The zero-order valence-electron chi connectivity index (χ0n) is 8.90. The molecule has 1 atom stereocenters. The second-order valence-electron chi connectivity index (χ2n) is 3.36. The fourth-order valence-electron chi connectivity index (χ4n) is 1.05. The Morgan fingerprint density at radius 2 is 1.87 bits per heavy atom. The topological polar surface area (TPSA) is 101 Å². The number of carboxylic acid groups (broad SMARTS) is 1. The number of aliphatic carboxylic acids is 1. The molecule has 0 spiro atoms. The molecule has 2 amide bonds. The Morgan fingerprint density at radius 3 is 2.20 bits per heavy atom.